The number of allylic oxidation sites excluding steroid dienone is 2. The number of aromatic nitrogens is 1. The van der Waals surface area contributed by atoms with Crippen LogP contribution in [0, 0.1) is 11.3 Å². The smallest absolute Gasteiger partial charge is 0.267 e. The third-order valence-electron chi connectivity index (χ3n) is 2.89. The van der Waals surface area contributed by atoms with Crippen LogP contribution in [0.1, 0.15) is 22.0 Å². The summed E-state index contributed by atoms with van der Waals surface area (Å²) < 4.78 is 0. The Bertz CT molecular complexity index is 711. The minimum Gasteiger partial charge on any atom is -0.267 e. The highest BCUT2D eigenvalue weighted by molar-refractivity contribution is 5.94. The Kier molecular flexibility index (Phi) is 1.86. The molecule has 1 aromatic heterocycles. The number of hydrogen-bond acceptors (Lipinski definition) is 4. The Morgan fingerprint density at radius 2 is 2.35 bits per heavy atom. The van der Waals surface area contributed by atoms with Crippen molar-refractivity contribution in [2.45, 2.75) is 5.92 Å². The third kappa shape index (κ3) is 1.21. The Hall–Kier alpha value is -2.48. The van der Waals surface area contributed by atoms with Crippen LogP contribution in [0.15, 0.2) is 23.5 Å². The van der Waals surface area contributed by atoms with Gasteiger partial charge >= 0.3 is 0 Å². The molecule has 0 bridgehead atoms. The second-order valence-electron chi connectivity index (χ2n) is 3.91. The van der Waals surface area contributed by atoms with Gasteiger partial charge in [-0.15, -0.1) is 0 Å². The lowest BCUT2D eigenvalue weighted by atomic mass is 9.98. The summed E-state index contributed by atoms with van der Waals surface area (Å²) in [6.07, 6.45) is 6.92. The zero-order chi connectivity index (χ0) is 12.0. The first-order valence-electron chi connectivity index (χ1n) is 5.16. The Morgan fingerprint density at radius 1 is 1.53 bits per heavy atom. The first-order chi connectivity index (χ1) is 8.22. The summed E-state index contributed by atoms with van der Waals surface area (Å²) >= 11 is 0. The van der Waals surface area contributed by atoms with Crippen molar-refractivity contribution in [3.63, 3.8) is 0 Å². The van der Waals surface area contributed by atoms with E-state index in [0.717, 1.165) is 5.22 Å². The third-order valence-corrected chi connectivity index (χ3v) is 2.89. The van der Waals surface area contributed by atoms with E-state index in [-0.39, 0.29) is 11.8 Å². The molecule has 5 nitrogen and oxygen atoms in total. The predicted octanol–water partition coefficient (Wildman–Crippen LogP) is -0.341. The van der Waals surface area contributed by atoms with Crippen LogP contribution < -0.4 is 10.6 Å². The Morgan fingerprint density at radius 3 is 3.12 bits per heavy atom. The lowest BCUT2D eigenvalue weighted by Gasteiger charge is -2.07. The second kappa shape index (κ2) is 3.25. The van der Waals surface area contributed by atoms with Gasteiger partial charge in [0, 0.05) is 18.5 Å². The van der Waals surface area contributed by atoms with E-state index in [0.29, 0.717) is 16.6 Å². The quantitative estimate of drug-likeness (QED) is 0.605. The van der Waals surface area contributed by atoms with Crippen LogP contribution in [0.3, 0.4) is 0 Å². The predicted molar refractivity (Wildman–Crippen MR) is 59.1 cm³/mol. The van der Waals surface area contributed by atoms with E-state index in [1.165, 1.54) is 11.2 Å². The summed E-state index contributed by atoms with van der Waals surface area (Å²) in [6.45, 7) is 0. The van der Waals surface area contributed by atoms with Gasteiger partial charge in [0.2, 0.25) is 0 Å². The van der Waals surface area contributed by atoms with Gasteiger partial charge in [0.25, 0.3) is 5.91 Å². The number of carbonyl (C=O) groups excluding carboxylic acids is 1. The highest BCUT2D eigenvalue weighted by Crippen LogP contribution is 2.13. The molecular weight excluding hydrogens is 216 g/mol. The molecule has 0 radical (unpaired) electrons. The van der Waals surface area contributed by atoms with Gasteiger partial charge in [-0.25, -0.2) is 5.01 Å². The van der Waals surface area contributed by atoms with Crippen molar-refractivity contribution in [1.29, 1.82) is 5.26 Å². The number of nitriles is 1. The van der Waals surface area contributed by atoms with Crippen molar-refractivity contribution in [2.75, 3.05) is 7.05 Å². The van der Waals surface area contributed by atoms with Gasteiger partial charge in [0.05, 0.1) is 17.3 Å². The molecule has 1 atom stereocenters. The summed E-state index contributed by atoms with van der Waals surface area (Å²) in [5.74, 6) is -0.525. The van der Waals surface area contributed by atoms with E-state index in [9.17, 15) is 4.79 Å². The average molecular weight is 224 g/mol. The van der Waals surface area contributed by atoms with Gasteiger partial charge in [0.15, 0.2) is 0 Å². The minimum atomic E-state index is -0.364. The number of fused-ring (bicyclic) bond motifs is 3. The molecule has 0 saturated heterocycles. The molecule has 1 aliphatic carbocycles. The standard InChI is InChI=1S/C12H8N4O/c1-16-12(17)9-6-14-10-7(5-13)3-2-4-8(10)11(9)15-16/h2-4,6-7H,1H3. The molecule has 2 aliphatic rings. The zero-order valence-corrected chi connectivity index (χ0v) is 9.08. The molecule has 17 heavy (non-hydrogen) atoms. The minimum absolute atomic E-state index is 0.160. The van der Waals surface area contributed by atoms with Gasteiger partial charge < -0.3 is 0 Å². The second-order valence-corrected chi connectivity index (χ2v) is 3.91. The number of rotatable bonds is 0. The van der Waals surface area contributed by atoms with Crippen LogP contribution in [-0.2, 0) is 0 Å². The lowest BCUT2D eigenvalue weighted by molar-refractivity contribution is 0.0816. The van der Waals surface area contributed by atoms with Crippen molar-refractivity contribution in [1.82, 2.24) is 9.99 Å². The van der Waals surface area contributed by atoms with Crippen LogP contribution in [0.4, 0.5) is 0 Å². The number of pyridine rings is 1. The summed E-state index contributed by atoms with van der Waals surface area (Å²) in [7, 11) is 1.61. The first-order valence-corrected chi connectivity index (χ1v) is 5.16. The number of hydrogen-bond donors (Lipinski definition) is 0. The monoisotopic (exact) mass is 224 g/mol. The van der Waals surface area contributed by atoms with E-state index in [1.807, 2.05) is 6.08 Å². The fourth-order valence-corrected chi connectivity index (χ4v) is 2.04. The van der Waals surface area contributed by atoms with Crippen LogP contribution in [0.25, 0.3) is 6.08 Å². The largest absolute Gasteiger partial charge is 0.277 e. The molecule has 0 spiro atoms. The molecule has 2 heterocycles. The van der Waals surface area contributed by atoms with Crippen molar-refractivity contribution in [3.8, 4) is 6.07 Å². The van der Waals surface area contributed by atoms with Crippen molar-refractivity contribution in [2.24, 2.45) is 5.10 Å². The summed E-state index contributed by atoms with van der Waals surface area (Å²) in [5.41, 5.74) is 1.16. The maximum atomic E-state index is 11.7. The first kappa shape index (κ1) is 9.73. The van der Waals surface area contributed by atoms with Crippen molar-refractivity contribution < 1.29 is 4.79 Å². The van der Waals surface area contributed by atoms with Gasteiger partial charge in [-0.2, -0.15) is 10.4 Å². The average Bonchev–Trinajstić information content (AvgIpc) is 2.65. The van der Waals surface area contributed by atoms with Crippen LogP contribution in [0.2, 0.25) is 0 Å². The number of carbonyl (C=O) groups is 1. The summed E-state index contributed by atoms with van der Waals surface area (Å²) in [5, 5.41) is 15.9. The molecule has 1 aromatic rings. The molecule has 0 N–H and O–H groups in total. The van der Waals surface area contributed by atoms with E-state index < -0.39 is 0 Å². The van der Waals surface area contributed by atoms with E-state index >= 15 is 0 Å². The van der Waals surface area contributed by atoms with Crippen LogP contribution >= 0.6 is 0 Å². The molecule has 0 saturated carbocycles. The fourth-order valence-electron chi connectivity index (χ4n) is 2.04. The van der Waals surface area contributed by atoms with E-state index in [1.54, 1.807) is 19.2 Å². The normalized spacial score (nSPS) is 20.1. The highest BCUT2D eigenvalue weighted by atomic mass is 16.2. The van der Waals surface area contributed by atoms with E-state index in [2.05, 4.69) is 16.2 Å². The molecule has 1 unspecified atom stereocenters. The lowest BCUT2D eigenvalue weighted by Crippen LogP contribution is -2.34. The van der Waals surface area contributed by atoms with Gasteiger partial charge in [-0.1, -0.05) is 18.2 Å². The van der Waals surface area contributed by atoms with Crippen LogP contribution in [0.5, 0.6) is 0 Å². The van der Waals surface area contributed by atoms with Gasteiger partial charge in [-0.05, 0) is 0 Å². The molecule has 82 valence electrons. The summed E-state index contributed by atoms with van der Waals surface area (Å²) in [6, 6.07) is 2.16. The number of nitrogens with zero attached hydrogens (tertiary/aromatic N) is 4. The van der Waals surface area contributed by atoms with Crippen molar-refractivity contribution >= 4 is 12.0 Å². The molecule has 0 fully saturated rings. The maximum absolute atomic E-state index is 11.7. The molecule has 3 rings (SSSR count). The number of amides is 1. The van der Waals surface area contributed by atoms with E-state index in [4.69, 9.17) is 5.26 Å². The molecule has 1 amide bonds. The molecule has 0 aromatic carbocycles. The van der Waals surface area contributed by atoms with Gasteiger partial charge in [-0.3, -0.25) is 9.78 Å². The molecule has 1 aliphatic heterocycles. The zero-order valence-electron chi connectivity index (χ0n) is 9.08. The Labute approximate surface area is 97.0 Å². The fraction of sp³-hybridized carbons (Fsp3) is 0.167. The maximum Gasteiger partial charge on any atom is 0.277 e. The SMILES string of the molecule is CN1N=c2c(cnc3c2=CC=CC3C#N)C1=O. The molecular formula is C12H8N4O. The van der Waals surface area contributed by atoms with Gasteiger partial charge in [0.1, 0.15) is 11.3 Å². The Balaban J connectivity index is 2.40. The molecule has 5 heteroatoms. The topological polar surface area (TPSA) is 69.3 Å². The highest BCUT2D eigenvalue weighted by Gasteiger charge is 2.24. The summed E-state index contributed by atoms with van der Waals surface area (Å²) in [4.78, 5) is 15.9. The van der Waals surface area contributed by atoms with Crippen LogP contribution in [-0.4, -0.2) is 22.9 Å². The van der Waals surface area contributed by atoms with Crippen molar-refractivity contribution in [3.05, 3.63) is 40.2 Å².